The van der Waals surface area contributed by atoms with Crippen LogP contribution >= 0.6 is 0 Å². The van der Waals surface area contributed by atoms with Crippen LogP contribution in [0.4, 0.5) is 5.69 Å². The molecule has 0 spiro atoms. The maximum Gasteiger partial charge on any atom is 0.0808 e. The quantitative estimate of drug-likeness (QED) is 0.928. The van der Waals surface area contributed by atoms with Gasteiger partial charge in [-0.3, -0.25) is 0 Å². The molecule has 2 N–H and O–H groups in total. The van der Waals surface area contributed by atoms with Gasteiger partial charge in [0.1, 0.15) is 0 Å². The van der Waals surface area contributed by atoms with Crippen LogP contribution in [-0.2, 0) is 11.2 Å². The Kier molecular flexibility index (Phi) is 4.36. The second-order valence-corrected chi connectivity index (χ2v) is 7.79. The molecule has 0 aliphatic carbocycles. The molecular formula is C18H30N2O. The number of hydrogen-bond donors (Lipinski definition) is 1. The van der Waals surface area contributed by atoms with Crippen molar-refractivity contribution < 1.29 is 4.74 Å². The molecule has 3 nitrogen and oxygen atoms in total. The predicted molar refractivity (Wildman–Crippen MR) is 90.0 cm³/mol. The molecule has 1 atom stereocenters. The number of nitrogens with zero attached hydrogens (tertiary/aromatic N) is 1. The fourth-order valence-corrected chi connectivity index (χ4v) is 3.49. The molecule has 1 saturated heterocycles. The Morgan fingerprint density at radius 3 is 2.29 bits per heavy atom. The first-order valence-electron chi connectivity index (χ1n) is 7.88. The Balaban J connectivity index is 2.36. The number of benzene rings is 1. The van der Waals surface area contributed by atoms with Gasteiger partial charge in [-0.05, 0) is 59.6 Å². The molecule has 1 unspecified atom stereocenters. The third-order valence-electron chi connectivity index (χ3n) is 3.81. The molecule has 118 valence electrons. The molecule has 1 aliphatic heterocycles. The van der Waals surface area contributed by atoms with Crippen molar-refractivity contribution in [1.29, 1.82) is 0 Å². The normalized spacial score (nSPS) is 22.1. The average Bonchev–Trinajstić information content (AvgIpc) is 2.23. The fourth-order valence-electron chi connectivity index (χ4n) is 3.49. The molecule has 0 bridgehead atoms. The lowest BCUT2D eigenvalue weighted by Gasteiger charge is -2.48. The van der Waals surface area contributed by atoms with Crippen molar-refractivity contribution >= 4 is 5.69 Å². The van der Waals surface area contributed by atoms with E-state index in [-0.39, 0.29) is 17.2 Å². The van der Waals surface area contributed by atoms with Gasteiger partial charge in [0.05, 0.1) is 11.2 Å². The van der Waals surface area contributed by atoms with Crippen LogP contribution in [0.25, 0.3) is 0 Å². The highest BCUT2D eigenvalue weighted by Crippen LogP contribution is 2.33. The first kappa shape index (κ1) is 16.3. The summed E-state index contributed by atoms with van der Waals surface area (Å²) in [5, 5.41) is 0. The number of ether oxygens (including phenoxy) is 1. The highest BCUT2D eigenvalue weighted by atomic mass is 16.5. The monoisotopic (exact) mass is 290 g/mol. The number of rotatable bonds is 3. The molecule has 1 aromatic rings. The summed E-state index contributed by atoms with van der Waals surface area (Å²) in [6, 6.07) is 6.88. The number of morpholine rings is 1. The lowest BCUT2D eigenvalue weighted by Crippen LogP contribution is -2.57. The Bertz CT molecular complexity index is 490. The van der Waals surface area contributed by atoms with Crippen molar-refractivity contribution in [3.63, 3.8) is 0 Å². The van der Waals surface area contributed by atoms with Crippen LogP contribution in [0.2, 0.25) is 0 Å². The minimum Gasteiger partial charge on any atom is -0.366 e. The highest BCUT2D eigenvalue weighted by molar-refractivity contribution is 5.56. The smallest absolute Gasteiger partial charge is 0.0808 e. The first-order chi connectivity index (χ1) is 9.58. The van der Waals surface area contributed by atoms with Gasteiger partial charge in [0, 0.05) is 24.8 Å². The van der Waals surface area contributed by atoms with E-state index in [1.807, 2.05) is 0 Å². The van der Waals surface area contributed by atoms with Gasteiger partial charge in [0.15, 0.2) is 0 Å². The van der Waals surface area contributed by atoms with Crippen molar-refractivity contribution in [3.8, 4) is 0 Å². The molecule has 1 aliphatic rings. The second kappa shape index (κ2) is 5.62. The van der Waals surface area contributed by atoms with Gasteiger partial charge >= 0.3 is 0 Å². The minimum absolute atomic E-state index is 0.141. The van der Waals surface area contributed by atoms with E-state index >= 15 is 0 Å². The van der Waals surface area contributed by atoms with Crippen LogP contribution in [0.3, 0.4) is 0 Å². The lowest BCUT2D eigenvalue weighted by molar-refractivity contribution is -0.133. The Hall–Kier alpha value is -1.06. The molecule has 1 aromatic carbocycles. The zero-order valence-electron chi connectivity index (χ0n) is 14.4. The summed E-state index contributed by atoms with van der Waals surface area (Å²) >= 11 is 0. The standard InChI is InChI=1S/C18H30N2O/c1-13-7-8-16(15(9-13)10-14(2)19)20-11-17(3,4)21-18(5,6)12-20/h7-9,14H,10-12,19H2,1-6H3. The summed E-state index contributed by atoms with van der Waals surface area (Å²) in [6.45, 7) is 14.7. The molecule has 0 radical (unpaired) electrons. The van der Waals surface area contributed by atoms with Crippen LogP contribution in [-0.4, -0.2) is 30.3 Å². The Morgan fingerprint density at radius 2 is 1.76 bits per heavy atom. The predicted octanol–water partition coefficient (Wildman–Crippen LogP) is 3.28. The summed E-state index contributed by atoms with van der Waals surface area (Å²) in [5.74, 6) is 0. The van der Waals surface area contributed by atoms with E-state index in [1.165, 1.54) is 16.8 Å². The SMILES string of the molecule is Cc1ccc(N2CC(C)(C)OC(C)(C)C2)c(CC(C)N)c1. The largest absolute Gasteiger partial charge is 0.366 e. The molecular weight excluding hydrogens is 260 g/mol. The second-order valence-electron chi connectivity index (χ2n) is 7.79. The van der Waals surface area contributed by atoms with Gasteiger partial charge in [-0.25, -0.2) is 0 Å². The summed E-state index contributed by atoms with van der Waals surface area (Å²) in [7, 11) is 0. The number of anilines is 1. The van der Waals surface area contributed by atoms with E-state index in [1.54, 1.807) is 0 Å². The molecule has 3 heteroatoms. The number of hydrogen-bond acceptors (Lipinski definition) is 3. The minimum atomic E-state index is -0.141. The fraction of sp³-hybridized carbons (Fsp3) is 0.667. The van der Waals surface area contributed by atoms with Crippen LogP contribution < -0.4 is 10.6 Å². The zero-order chi connectivity index (χ0) is 15.8. The first-order valence-corrected chi connectivity index (χ1v) is 7.88. The van der Waals surface area contributed by atoms with Crippen molar-refractivity contribution in [2.75, 3.05) is 18.0 Å². The summed E-state index contributed by atoms with van der Waals surface area (Å²) in [6.07, 6.45) is 0.912. The topological polar surface area (TPSA) is 38.5 Å². The Labute approximate surface area is 129 Å². The van der Waals surface area contributed by atoms with E-state index in [4.69, 9.17) is 10.5 Å². The van der Waals surface area contributed by atoms with E-state index in [2.05, 4.69) is 64.6 Å². The van der Waals surface area contributed by atoms with Crippen molar-refractivity contribution in [2.24, 2.45) is 5.73 Å². The molecule has 0 amide bonds. The van der Waals surface area contributed by atoms with Crippen LogP contribution in [0.5, 0.6) is 0 Å². The summed E-state index contributed by atoms with van der Waals surface area (Å²) in [4.78, 5) is 2.46. The van der Waals surface area contributed by atoms with Crippen LogP contribution in [0.15, 0.2) is 18.2 Å². The van der Waals surface area contributed by atoms with Gasteiger partial charge < -0.3 is 15.4 Å². The van der Waals surface area contributed by atoms with Crippen molar-refractivity contribution in [1.82, 2.24) is 0 Å². The molecule has 1 fully saturated rings. The third kappa shape index (κ3) is 4.21. The van der Waals surface area contributed by atoms with Gasteiger partial charge in [-0.2, -0.15) is 0 Å². The molecule has 21 heavy (non-hydrogen) atoms. The van der Waals surface area contributed by atoms with E-state index < -0.39 is 0 Å². The van der Waals surface area contributed by atoms with Crippen LogP contribution in [0, 0.1) is 6.92 Å². The van der Waals surface area contributed by atoms with Gasteiger partial charge in [0.25, 0.3) is 0 Å². The van der Waals surface area contributed by atoms with E-state index in [0.717, 1.165) is 19.5 Å². The molecule has 1 heterocycles. The van der Waals surface area contributed by atoms with E-state index in [0.29, 0.717) is 0 Å². The molecule has 0 aromatic heterocycles. The maximum absolute atomic E-state index is 6.19. The molecule has 0 saturated carbocycles. The van der Waals surface area contributed by atoms with Gasteiger partial charge in [0.2, 0.25) is 0 Å². The summed E-state index contributed by atoms with van der Waals surface area (Å²) in [5.41, 5.74) is 9.70. The molecule has 2 rings (SSSR count). The van der Waals surface area contributed by atoms with Gasteiger partial charge in [-0.15, -0.1) is 0 Å². The van der Waals surface area contributed by atoms with Crippen LogP contribution in [0.1, 0.15) is 45.7 Å². The van der Waals surface area contributed by atoms with E-state index in [9.17, 15) is 0 Å². The highest BCUT2D eigenvalue weighted by Gasteiger charge is 2.38. The van der Waals surface area contributed by atoms with Gasteiger partial charge in [-0.1, -0.05) is 17.7 Å². The lowest BCUT2D eigenvalue weighted by atomic mass is 9.95. The maximum atomic E-state index is 6.19. The van der Waals surface area contributed by atoms with Crippen molar-refractivity contribution in [3.05, 3.63) is 29.3 Å². The third-order valence-corrected chi connectivity index (χ3v) is 3.81. The average molecular weight is 290 g/mol. The van der Waals surface area contributed by atoms with Crippen molar-refractivity contribution in [2.45, 2.75) is 65.2 Å². The zero-order valence-corrected chi connectivity index (χ0v) is 14.4. The number of aryl methyl sites for hydroxylation is 1. The number of nitrogens with two attached hydrogens (primary N) is 1. The summed E-state index contributed by atoms with van der Waals surface area (Å²) < 4.78 is 6.19. The Morgan fingerprint density at radius 1 is 1.19 bits per heavy atom.